The molecule has 0 bridgehead atoms. The van der Waals surface area contributed by atoms with Crippen LogP contribution in [0.4, 0.5) is 0 Å². The van der Waals surface area contributed by atoms with E-state index in [0.29, 0.717) is 0 Å². The first-order valence-corrected chi connectivity index (χ1v) is 6.79. The van der Waals surface area contributed by atoms with Crippen molar-refractivity contribution in [3.8, 4) is 5.75 Å². The van der Waals surface area contributed by atoms with Crippen LogP contribution in [0.5, 0.6) is 5.75 Å². The Balaban J connectivity index is 2.85. The third kappa shape index (κ3) is 4.77. The number of hydrogen-bond acceptors (Lipinski definition) is 4. The predicted molar refractivity (Wildman–Crippen MR) is 78.2 cm³/mol. The Morgan fingerprint density at radius 1 is 1.33 bits per heavy atom. The Labute approximate surface area is 131 Å². The lowest BCUT2D eigenvalue weighted by atomic mass is 10.1. The highest BCUT2D eigenvalue weighted by atomic mass is 35.5. The Morgan fingerprint density at radius 3 is 2.48 bits per heavy atom. The molecule has 1 amide bonds. The Hall–Kier alpha value is -1.50. The zero-order valence-corrected chi connectivity index (χ0v) is 12.7. The lowest BCUT2D eigenvalue weighted by Gasteiger charge is -2.15. The van der Waals surface area contributed by atoms with Crippen molar-refractivity contribution in [1.29, 1.82) is 0 Å². The number of aliphatic carboxylic acids is 1. The topological polar surface area (TPSA) is 95.9 Å². The van der Waals surface area contributed by atoms with Crippen LogP contribution in [0, 0.1) is 5.92 Å². The van der Waals surface area contributed by atoms with Crippen LogP contribution in [0.15, 0.2) is 12.1 Å². The first-order valence-electron chi connectivity index (χ1n) is 6.03. The van der Waals surface area contributed by atoms with Crippen molar-refractivity contribution in [3.05, 3.63) is 27.7 Å². The van der Waals surface area contributed by atoms with Gasteiger partial charge in [0.25, 0.3) is 5.91 Å². The van der Waals surface area contributed by atoms with Gasteiger partial charge in [0.2, 0.25) is 0 Å². The normalized spacial score (nSPS) is 11.8. The third-order valence-corrected chi connectivity index (χ3v) is 3.38. The number of methoxy groups -OCH3 is 1. The molecule has 1 aromatic carbocycles. The van der Waals surface area contributed by atoms with Crippen LogP contribution in [-0.2, 0) is 4.79 Å². The summed E-state index contributed by atoms with van der Waals surface area (Å²) in [5, 5.41) is 20.7. The van der Waals surface area contributed by atoms with Gasteiger partial charge in [-0.3, -0.25) is 9.59 Å². The number of hydrogen-bond donors (Lipinski definition) is 3. The molecular formula is C13H15Cl2NO5. The van der Waals surface area contributed by atoms with Crippen LogP contribution in [0.1, 0.15) is 16.8 Å². The van der Waals surface area contributed by atoms with E-state index in [1.54, 1.807) is 0 Å². The summed E-state index contributed by atoms with van der Waals surface area (Å²) in [7, 11) is 1.36. The number of nitrogens with one attached hydrogen (secondary N) is 1. The molecule has 0 spiro atoms. The molecule has 0 aliphatic heterocycles. The first kappa shape index (κ1) is 17.6. The van der Waals surface area contributed by atoms with E-state index in [2.05, 4.69) is 5.32 Å². The van der Waals surface area contributed by atoms with Crippen molar-refractivity contribution < 1.29 is 24.5 Å². The Bertz CT molecular complexity index is 536. The number of aliphatic hydroxyl groups excluding tert-OH is 1. The highest BCUT2D eigenvalue weighted by Gasteiger charge is 2.21. The molecule has 0 aliphatic carbocycles. The number of amides is 1. The quantitative estimate of drug-likeness (QED) is 0.706. The lowest BCUT2D eigenvalue weighted by Crippen LogP contribution is -2.32. The molecule has 0 heterocycles. The van der Waals surface area contributed by atoms with Gasteiger partial charge in [-0.2, -0.15) is 0 Å². The number of ether oxygens (including phenoxy) is 1. The Kier molecular flexibility index (Phi) is 6.74. The average Bonchev–Trinajstić information content (AvgIpc) is 2.44. The van der Waals surface area contributed by atoms with E-state index in [0.717, 1.165) is 0 Å². The van der Waals surface area contributed by atoms with Gasteiger partial charge in [0.1, 0.15) is 5.56 Å². The molecule has 21 heavy (non-hydrogen) atoms. The van der Waals surface area contributed by atoms with Gasteiger partial charge >= 0.3 is 5.97 Å². The van der Waals surface area contributed by atoms with Gasteiger partial charge in [-0.1, -0.05) is 23.2 Å². The molecule has 0 saturated carbocycles. The number of rotatable bonds is 7. The molecule has 8 heteroatoms. The van der Waals surface area contributed by atoms with Crippen LogP contribution in [0.25, 0.3) is 0 Å². The van der Waals surface area contributed by atoms with E-state index in [-0.39, 0.29) is 40.9 Å². The number of aliphatic hydroxyl groups is 1. The molecule has 116 valence electrons. The van der Waals surface area contributed by atoms with Gasteiger partial charge in [0.15, 0.2) is 5.75 Å². The van der Waals surface area contributed by atoms with Crippen molar-refractivity contribution in [2.24, 2.45) is 5.92 Å². The van der Waals surface area contributed by atoms with E-state index >= 15 is 0 Å². The summed E-state index contributed by atoms with van der Waals surface area (Å²) in [6.45, 7) is -0.360. The predicted octanol–water partition coefficient (Wildman–Crippen LogP) is 1.82. The van der Waals surface area contributed by atoms with Gasteiger partial charge < -0.3 is 20.3 Å². The minimum Gasteiger partial charge on any atom is -0.494 e. The van der Waals surface area contributed by atoms with Gasteiger partial charge in [0.05, 0.1) is 23.6 Å². The summed E-state index contributed by atoms with van der Waals surface area (Å²) in [5.41, 5.74) is 0.0682. The highest BCUT2D eigenvalue weighted by Crippen LogP contribution is 2.33. The van der Waals surface area contributed by atoms with Crippen LogP contribution < -0.4 is 10.1 Å². The minimum absolute atomic E-state index is 0.00632. The summed E-state index contributed by atoms with van der Waals surface area (Å²) in [5.74, 6) is -2.05. The zero-order chi connectivity index (χ0) is 16.0. The molecule has 1 atom stereocenters. The van der Waals surface area contributed by atoms with Gasteiger partial charge in [0, 0.05) is 19.1 Å². The van der Waals surface area contributed by atoms with Crippen molar-refractivity contribution >= 4 is 35.1 Å². The average molecular weight is 336 g/mol. The summed E-state index contributed by atoms with van der Waals surface area (Å²) < 4.78 is 5.06. The molecule has 1 rings (SSSR count). The van der Waals surface area contributed by atoms with E-state index in [1.807, 2.05) is 0 Å². The molecule has 0 aliphatic rings. The van der Waals surface area contributed by atoms with Gasteiger partial charge in [-0.15, -0.1) is 0 Å². The van der Waals surface area contributed by atoms with Crippen molar-refractivity contribution in [2.45, 2.75) is 6.42 Å². The van der Waals surface area contributed by atoms with Gasteiger partial charge in [-0.25, -0.2) is 0 Å². The first-order chi connectivity index (χ1) is 9.90. The van der Waals surface area contributed by atoms with E-state index in [4.69, 9.17) is 38.2 Å². The Morgan fingerprint density at radius 2 is 1.95 bits per heavy atom. The maximum atomic E-state index is 12.1. The van der Waals surface area contributed by atoms with Crippen molar-refractivity contribution in [1.82, 2.24) is 5.32 Å². The second kappa shape index (κ2) is 8.07. The fourth-order valence-corrected chi connectivity index (χ4v) is 2.19. The van der Waals surface area contributed by atoms with Crippen LogP contribution >= 0.6 is 23.2 Å². The van der Waals surface area contributed by atoms with Crippen LogP contribution in [-0.4, -0.2) is 42.4 Å². The summed E-state index contributed by atoms with van der Waals surface area (Å²) in [4.78, 5) is 22.7. The van der Waals surface area contributed by atoms with Crippen molar-refractivity contribution in [3.63, 3.8) is 0 Å². The third-order valence-electron chi connectivity index (χ3n) is 2.76. The molecule has 0 radical (unpaired) electrons. The van der Waals surface area contributed by atoms with Crippen LogP contribution in [0.2, 0.25) is 10.0 Å². The summed E-state index contributed by atoms with van der Waals surface area (Å²) >= 11 is 11.9. The molecular weight excluding hydrogens is 321 g/mol. The molecule has 1 unspecified atom stereocenters. The lowest BCUT2D eigenvalue weighted by molar-refractivity contribution is -0.138. The standard InChI is InChI=1S/C13H15Cl2NO5/c1-21-12-9(15)3-2-8(14)11(12)13(20)16-5-7(6-17)4-10(18)19/h2-3,7,17H,4-6H2,1H3,(H,16,20)(H,18,19). The zero-order valence-electron chi connectivity index (χ0n) is 11.2. The second-order valence-electron chi connectivity index (χ2n) is 4.29. The number of benzene rings is 1. The van der Waals surface area contributed by atoms with Crippen molar-refractivity contribution in [2.75, 3.05) is 20.3 Å². The SMILES string of the molecule is COc1c(Cl)ccc(Cl)c1C(=O)NCC(CO)CC(=O)O. The molecule has 0 aromatic heterocycles. The summed E-state index contributed by atoms with van der Waals surface area (Å²) in [6.07, 6.45) is -0.253. The fourth-order valence-electron chi connectivity index (χ4n) is 1.72. The number of carboxylic acid groups (broad SMARTS) is 1. The minimum atomic E-state index is -1.05. The molecule has 0 saturated heterocycles. The van der Waals surface area contributed by atoms with Gasteiger partial charge in [-0.05, 0) is 12.1 Å². The largest absolute Gasteiger partial charge is 0.494 e. The smallest absolute Gasteiger partial charge is 0.303 e. The maximum absolute atomic E-state index is 12.1. The van der Waals surface area contributed by atoms with E-state index in [9.17, 15) is 9.59 Å². The highest BCUT2D eigenvalue weighted by molar-refractivity contribution is 6.37. The monoisotopic (exact) mass is 335 g/mol. The van der Waals surface area contributed by atoms with E-state index in [1.165, 1.54) is 19.2 Å². The number of carboxylic acids is 1. The molecule has 6 nitrogen and oxygen atoms in total. The number of carbonyl (C=O) groups excluding carboxylic acids is 1. The van der Waals surface area contributed by atoms with E-state index < -0.39 is 17.8 Å². The second-order valence-corrected chi connectivity index (χ2v) is 5.11. The summed E-state index contributed by atoms with van der Waals surface area (Å²) in [6, 6.07) is 2.96. The molecule has 3 N–H and O–H groups in total. The molecule has 0 fully saturated rings. The number of halogens is 2. The number of carbonyl (C=O) groups is 2. The molecule has 1 aromatic rings. The van der Waals surface area contributed by atoms with Crippen LogP contribution in [0.3, 0.4) is 0 Å². The fraction of sp³-hybridized carbons (Fsp3) is 0.385. The maximum Gasteiger partial charge on any atom is 0.303 e.